The van der Waals surface area contributed by atoms with Crippen molar-refractivity contribution in [3.63, 3.8) is 0 Å². The van der Waals surface area contributed by atoms with Crippen LogP contribution in [0.4, 0.5) is 42.5 Å². The maximum absolute atomic E-state index is 13.6. The Labute approximate surface area is 245 Å². The highest BCUT2D eigenvalue weighted by molar-refractivity contribution is 7.92. The minimum atomic E-state index is -4.74. The molecule has 14 heteroatoms. The number of alkyl halides is 6. The number of amides is 1. The zero-order chi connectivity index (χ0) is 31.8. The molecule has 4 rings (SSSR count). The number of ether oxygens (including phenoxy) is 1. The molecule has 1 saturated heterocycles. The smallest absolute Gasteiger partial charge is 0.416 e. The molecule has 232 valence electrons. The van der Waals surface area contributed by atoms with Gasteiger partial charge in [0, 0.05) is 26.2 Å². The number of carbonyl (C=O) groups is 1. The van der Waals surface area contributed by atoms with E-state index < -0.39 is 45.2 Å². The summed E-state index contributed by atoms with van der Waals surface area (Å²) in [5.41, 5.74) is -1.84. The van der Waals surface area contributed by atoms with E-state index in [-0.39, 0.29) is 42.4 Å². The van der Waals surface area contributed by atoms with Gasteiger partial charge in [-0.05, 0) is 74.4 Å². The lowest BCUT2D eigenvalue weighted by Crippen LogP contribution is -2.50. The van der Waals surface area contributed by atoms with Crippen molar-refractivity contribution in [1.82, 2.24) is 4.90 Å². The summed E-state index contributed by atoms with van der Waals surface area (Å²) in [5.74, 6) is 0. The summed E-state index contributed by atoms with van der Waals surface area (Å²) >= 11 is 0. The molecule has 3 aromatic rings. The molecular weight excluding hydrogens is 600 g/mol. The van der Waals surface area contributed by atoms with Crippen LogP contribution < -0.4 is 9.62 Å². The summed E-state index contributed by atoms with van der Waals surface area (Å²) in [4.78, 5) is 15.3. The maximum atomic E-state index is 13.6. The van der Waals surface area contributed by atoms with E-state index in [1.165, 1.54) is 47.4 Å². The lowest BCUT2D eigenvalue weighted by atomic mass is 10.0. The predicted molar refractivity (Wildman–Crippen MR) is 149 cm³/mol. The van der Waals surface area contributed by atoms with Gasteiger partial charge in [0.25, 0.3) is 10.0 Å². The Morgan fingerprint density at radius 1 is 0.744 bits per heavy atom. The fourth-order valence-electron chi connectivity index (χ4n) is 4.41. The second-order valence-electron chi connectivity index (χ2n) is 10.9. The highest BCUT2D eigenvalue weighted by atomic mass is 32.2. The van der Waals surface area contributed by atoms with Crippen molar-refractivity contribution in [2.75, 3.05) is 35.8 Å². The van der Waals surface area contributed by atoms with Gasteiger partial charge in [-0.3, -0.25) is 4.72 Å². The molecule has 0 unspecified atom stereocenters. The number of rotatable bonds is 5. The third-order valence-electron chi connectivity index (χ3n) is 6.55. The first-order valence-electron chi connectivity index (χ1n) is 13.1. The van der Waals surface area contributed by atoms with Crippen molar-refractivity contribution in [2.45, 2.75) is 43.6 Å². The lowest BCUT2D eigenvalue weighted by Gasteiger charge is -2.37. The Bertz CT molecular complexity index is 1560. The zero-order valence-electron chi connectivity index (χ0n) is 23.4. The van der Waals surface area contributed by atoms with Crippen molar-refractivity contribution in [1.29, 1.82) is 0 Å². The first-order valence-corrected chi connectivity index (χ1v) is 14.6. The Morgan fingerprint density at radius 2 is 1.23 bits per heavy atom. The first kappa shape index (κ1) is 32.0. The third kappa shape index (κ3) is 7.92. The molecule has 1 amide bonds. The van der Waals surface area contributed by atoms with Gasteiger partial charge in [-0.15, -0.1) is 0 Å². The average molecular weight is 630 g/mol. The normalized spacial score (nSPS) is 14.9. The van der Waals surface area contributed by atoms with Crippen LogP contribution in [0, 0.1) is 0 Å². The van der Waals surface area contributed by atoms with Crippen LogP contribution in [0.2, 0.25) is 0 Å². The quantitative estimate of drug-likeness (QED) is 0.301. The summed E-state index contributed by atoms with van der Waals surface area (Å²) in [6, 6.07) is 12.3. The molecule has 0 bridgehead atoms. The van der Waals surface area contributed by atoms with Gasteiger partial charge in [-0.25, -0.2) is 13.2 Å². The van der Waals surface area contributed by atoms with E-state index in [0.29, 0.717) is 17.2 Å². The third-order valence-corrected chi connectivity index (χ3v) is 7.93. The highest BCUT2D eigenvalue weighted by Gasteiger charge is 2.33. The van der Waals surface area contributed by atoms with Crippen molar-refractivity contribution in [3.8, 4) is 11.1 Å². The first-order chi connectivity index (χ1) is 19.8. The summed E-state index contributed by atoms with van der Waals surface area (Å²) in [6.07, 6.45) is -9.77. The van der Waals surface area contributed by atoms with Crippen molar-refractivity contribution in [2.24, 2.45) is 0 Å². The average Bonchev–Trinajstić information content (AvgIpc) is 2.91. The van der Waals surface area contributed by atoms with E-state index >= 15 is 0 Å². The number of hydrogen-bond donors (Lipinski definition) is 1. The number of carbonyl (C=O) groups excluding carboxylic acids is 1. The molecule has 1 aliphatic heterocycles. The SMILES string of the molecule is CC(C)(C)OC(=O)N1CCN(c2ccc(C(F)(F)F)cc2NS(=O)(=O)c2ccc(-c3ccc(C(F)(F)F)cc3)cc2)CC1. The van der Waals surface area contributed by atoms with Gasteiger partial charge in [0.05, 0.1) is 27.4 Å². The van der Waals surface area contributed by atoms with Crippen LogP contribution in [-0.2, 0) is 27.1 Å². The number of anilines is 2. The van der Waals surface area contributed by atoms with Gasteiger partial charge in [0.2, 0.25) is 0 Å². The van der Waals surface area contributed by atoms with E-state index in [9.17, 15) is 39.6 Å². The molecule has 0 radical (unpaired) electrons. The zero-order valence-corrected chi connectivity index (χ0v) is 24.2. The molecule has 0 aromatic heterocycles. The number of nitrogens with one attached hydrogen (secondary N) is 1. The van der Waals surface area contributed by atoms with Gasteiger partial charge in [0.15, 0.2) is 0 Å². The second kappa shape index (κ2) is 11.6. The monoisotopic (exact) mass is 629 g/mol. The lowest BCUT2D eigenvalue weighted by molar-refractivity contribution is -0.138. The molecule has 1 fully saturated rings. The predicted octanol–water partition coefficient (Wildman–Crippen LogP) is 7.25. The summed E-state index contributed by atoms with van der Waals surface area (Å²) in [5, 5.41) is 0. The number of sulfonamides is 1. The fraction of sp³-hybridized carbons (Fsp3) is 0.345. The molecule has 0 saturated carbocycles. The van der Waals surface area contributed by atoms with Crippen LogP contribution in [0.15, 0.2) is 71.6 Å². The molecular formula is C29H29F6N3O4S. The second-order valence-corrected chi connectivity index (χ2v) is 12.6. The maximum Gasteiger partial charge on any atom is 0.416 e. The van der Waals surface area contributed by atoms with Crippen LogP contribution in [0.25, 0.3) is 11.1 Å². The van der Waals surface area contributed by atoms with Crippen molar-refractivity contribution >= 4 is 27.5 Å². The molecule has 1 heterocycles. The van der Waals surface area contributed by atoms with Gasteiger partial charge in [-0.2, -0.15) is 26.3 Å². The highest BCUT2D eigenvalue weighted by Crippen LogP contribution is 2.37. The molecule has 1 N–H and O–H groups in total. The van der Waals surface area contributed by atoms with E-state index in [4.69, 9.17) is 4.74 Å². The molecule has 7 nitrogen and oxygen atoms in total. The van der Waals surface area contributed by atoms with Crippen LogP contribution in [0.1, 0.15) is 31.9 Å². The summed E-state index contributed by atoms with van der Waals surface area (Å²) in [6.45, 7) is 6.00. The van der Waals surface area contributed by atoms with E-state index in [1.54, 1.807) is 25.7 Å². The fourth-order valence-corrected chi connectivity index (χ4v) is 5.47. The Balaban J connectivity index is 1.56. The topological polar surface area (TPSA) is 79.0 Å². The number of hydrogen-bond acceptors (Lipinski definition) is 5. The van der Waals surface area contributed by atoms with Gasteiger partial charge in [0.1, 0.15) is 5.60 Å². The minimum Gasteiger partial charge on any atom is -0.444 e. The van der Waals surface area contributed by atoms with Crippen LogP contribution in [-0.4, -0.2) is 51.2 Å². The van der Waals surface area contributed by atoms with E-state index in [1.807, 2.05) is 0 Å². The molecule has 3 aromatic carbocycles. The number of halogens is 6. The summed E-state index contributed by atoms with van der Waals surface area (Å²) < 4.78 is 113. The van der Waals surface area contributed by atoms with Gasteiger partial charge in [-0.1, -0.05) is 24.3 Å². The van der Waals surface area contributed by atoms with Gasteiger partial charge < -0.3 is 14.5 Å². The van der Waals surface area contributed by atoms with Crippen LogP contribution >= 0.6 is 0 Å². The molecule has 43 heavy (non-hydrogen) atoms. The molecule has 1 aliphatic rings. The molecule has 0 spiro atoms. The van der Waals surface area contributed by atoms with Crippen molar-refractivity contribution < 1.29 is 44.3 Å². The number of nitrogens with zero attached hydrogens (tertiary/aromatic N) is 2. The van der Waals surface area contributed by atoms with Crippen LogP contribution in [0.3, 0.4) is 0 Å². The Hall–Kier alpha value is -3.94. The summed E-state index contributed by atoms with van der Waals surface area (Å²) in [7, 11) is -4.38. The van der Waals surface area contributed by atoms with E-state index in [0.717, 1.165) is 18.2 Å². The van der Waals surface area contributed by atoms with E-state index in [2.05, 4.69) is 4.72 Å². The standard InChI is InChI=1S/C29H29F6N3O4S/c1-27(2,3)42-26(39)38-16-14-37(15-17-38)25-13-10-22(29(33,34)35)18-24(25)36-43(40,41)23-11-6-20(7-12-23)19-4-8-21(9-5-19)28(30,31)32/h4-13,18,36H,14-17H2,1-3H3. The Kier molecular flexibility index (Phi) is 8.65. The molecule has 0 aliphatic carbocycles. The Morgan fingerprint density at radius 3 is 1.72 bits per heavy atom. The number of piperazine rings is 1. The van der Waals surface area contributed by atoms with Gasteiger partial charge >= 0.3 is 18.4 Å². The minimum absolute atomic E-state index is 0.196. The number of benzene rings is 3. The molecule has 0 atom stereocenters. The van der Waals surface area contributed by atoms with Crippen LogP contribution in [0.5, 0.6) is 0 Å². The largest absolute Gasteiger partial charge is 0.444 e. The van der Waals surface area contributed by atoms with Crippen molar-refractivity contribution in [3.05, 3.63) is 77.9 Å².